The van der Waals surface area contributed by atoms with Crippen LogP contribution in [-0.2, 0) is 9.47 Å². The van der Waals surface area contributed by atoms with E-state index in [0.29, 0.717) is 17.6 Å². The molecule has 3 rings (SSSR count). The predicted molar refractivity (Wildman–Crippen MR) is 72.5 cm³/mol. The number of ether oxygens (including phenoxy) is 2. The maximum atomic E-state index is 6.12. The van der Waals surface area contributed by atoms with Gasteiger partial charge < -0.3 is 9.47 Å². The Hall–Kier alpha value is -0.0800. The summed E-state index contributed by atoms with van der Waals surface area (Å²) >= 11 is 0. The Morgan fingerprint density at radius 3 is 2.67 bits per heavy atom. The van der Waals surface area contributed by atoms with Crippen molar-refractivity contribution in [3.8, 4) is 0 Å². The lowest BCUT2D eigenvalue weighted by Crippen LogP contribution is -2.20. The monoisotopic (exact) mass is 252 g/mol. The lowest BCUT2D eigenvalue weighted by atomic mass is 9.80. The summed E-state index contributed by atoms with van der Waals surface area (Å²) < 4.78 is 11.8. The minimum Gasteiger partial charge on any atom is -0.381 e. The van der Waals surface area contributed by atoms with Crippen LogP contribution in [0.2, 0.25) is 0 Å². The van der Waals surface area contributed by atoms with Gasteiger partial charge in [0.2, 0.25) is 0 Å². The van der Waals surface area contributed by atoms with E-state index >= 15 is 0 Å². The summed E-state index contributed by atoms with van der Waals surface area (Å²) in [6.45, 7) is 8.79. The molecule has 0 aromatic heterocycles. The fraction of sp³-hybridized carbons (Fsp3) is 1.00. The number of rotatable bonds is 3. The van der Waals surface area contributed by atoms with Gasteiger partial charge in [0.05, 0.1) is 18.8 Å². The number of hydrogen-bond acceptors (Lipinski definition) is 2. The maximum Gasteiger partial charge on any atom is 0.0584 e. The lowest BCUT2D eigenvalue weighted by molar-refractivity contribution is -0.00880. The Morgan fingerprint density at radius 1 is 1.17 bits per heavy atom. The van der Waals surface area contributed by atoms with Crippen molar-refractivity contribution in [1.82, 2.24) is 0 Å². The maximum absolute atomic E-state index is 6.12. The van der Waals surface area contributed by atoms with Crippen LogP contribution in [0, 0.1) is 23.2 Å². The fourth-order valence-corrected chi connectivity index (χ4v) is 4.71. The molecule has 1 heterocycles. The van der Waals surface area contributed by atoms with Crippen molar-refractivity contribution in [3.05, 3.63) is 0 Å². The number of hydrogen-bond donors (Lipinski definition) is 0. The minimum atomic E-state index is 0.378. The van der Waals surface area contributed by atoms with Crippen molar-refractivity contribution in [2.24, 2.45) is 23.2 Å². The van der Waals surface area contributed by atoms with Gasteiger partial charge >= 0.3 is 0 Å². The molecule has 2 aliphatic carbocycles. The van der Waals surface area contributed by atoms with E-state index in [1.165, 1.54) is 32.1 Å². The van der Waals surface area contributed by atoms with Crippen molar-refractivity contribution in [2.75, 3.05) is 13.2 Å². The van der Waals surface area contributed by atoms with E-state index in [-0.39, 0.29) is 0 Å². The molecule has 0 aromatic carbocycles. The molecule has 0 bridgehead atoms. The zero-order valence-corrected chi connectivity index (χ0v) is 12.2. The summed E-state index contributed by atoms with van der Waals surface area (Å²) in [5.41, 5.74) is 0.644. The van der Waals surface area contributed by atoms with E-state index in [2.05, 4.69) is 20.8 Å². The fourth-order valence-electron chi connectivity index (χ4n) is 4.71. The average molecular weight is 252 g/mol. The third-order valence-corrected chi connectivity index (χ3v) is 5.43. The zero-order valence-electron chi connectivity index (χ0n) is 12.2. The Kier molecular flexibility index (Phi) is 3.44. The molecule has 2 heteroatoms. The molecule has 1 unspecified atom stereocenters. The molecule has 1 aliphatic heterocycles. The molecular formula is C16H28O2. The standard InChI is InChI=1S/C16H28O2/c1-11(2)18-15-6-12(3)8-16(9-14(16)7-15)13-4-5-17-10-13/h11-15H,4-10H2,1-3H3/t12-,13?,14+,15+,16+/m1/s1. The van der Waals surface area contributed by atoms with Gasteiger partial charge in [0, 0.05) is 6.61 Å². The second kappa shape index (κ2) is 4.79. The summed E-state index contributed by atoms with van der Waals surface area (Å²) in [5, 5.41) is 0. The normalized spacial score (nSPS) is 48.0. The van der Waals surface area contributed by atoms with Crippen LogP contribution in [-0.4, -0.2) is 25.4 Å². The molecule has 5 atom stereocenters. The van der Waals surface area contributed by atoms with Crippen molar-refractivity contribution in [1.29, 1.82) is 0 Å². The highest BCUT2D eigenvalue weighted by Gasteiger charge is 2.60. The van der Waals surface area contributed by atoms with Crippen molar-refractivity contribution in [2.45, 2.75) is 65.1 Å². The van der Waals surface area contributed by atoms with Gasteiger partial charge in [-0.15, -0.1) is 0 Å². The third-order valence-electron chi connectivity index (χ3n) is 5.43. The second-order valence-corrected chi connectivity index (χ2v) is 7.28. The van der Waals surface area contributed by atoms with Crippen LogP contribution >= 0.6 is 0 Å². The van der Waals surface area contributed by atoms with Crippen molar-refractivity contribution in [3.63, 3.8) is 0 Å². The first-order valence-electron chi connectivity index (χ1n) is 7.83. The molecule has 3 fully saturated rings. The van der Waals surface area contributed by atoms with Crippen LogP contribution in [0.1, 0.15) is 52.9 Å². The van der Waals surface area contributed by atoms with Crippen molar-refractivity contribution >= 4 is 0 Å². The summed E-state index contributed by atoms with van der Waals surface area (Å²) in [7, 11) is 0. The first-order valence-corrected chi connectivity index (χ1v) is 7.83. The van der Waals surface area contributed by atoms with E-state index in [0.717, 1.165) is 31.0 Å². The van der Waals surface area contributed by atoms with Gasteiger partial charge in [-0.1, -0.05) is 6.92 Å². The van der Waals surface area contributed by atoms with E-state index in [1.807, 2.05) is 0 Å². The van der Waals surface area contributed by atoms with Gasteiger partial charge in [-0.05, 0) is 69.1 Å². The van der Waals surface area contributed by atoms with Crippen molar-refractivity contribution < 1.29 is 9.47 Å². The van der Waals surface area contributed by atoms with Gasteiger partial charge in [0.25, 0.3) is 0 Å². The molecule has 0 spiro atoms. The molecular weight excluding hydrogens is 224 g/mol. The SMILES string of the molecule is CC(C)O[C@H]1C[C@@H](C)C[C@@]2(C3CCOC3)C[C@@H]2C1. The number of fused-ring (bicyclic) bond motifs is 1. The van der Waals surface area contributed by atoms with Crippen LogP contribution in [0.4, 0.5) is 0 Å². The molecule has 0 aromatic rings. The van der Waals surface area contributed by atoms with Crippen LogP contribution < -0.4 is 0 Å². The highest BCUT2D eigenvalue weighted by Crippen LogP contribution is 2.66. The molecule has 18 heavy (non-hydrogen) atoms. The largest absolute Gasteiger partial charge is 0.381 e. The third kappa shape index (κ3) is 2.34. The average Bonchev–Trinajstić information content (AvgIpc) is 2.75. The van der Waals surface area contributed by atoms with Gasteiger partial charge in [-0.25, -0.2) is 0 Å². The minimum absolute atomic E-state index is 0.378. The van der Waals surface area contributed by atoms with Crippen LogP contribution in [0.15, 0.2) is 0 Å². The van der Waals surface area contributed by atoms with Crippen LogP contribution in [0.3, 0.4) is 0 Å². The molecule has 0 N–H and O–H groups in total. The highest BCUT2D eigenvalue weighted by atomic mass is 16.5. The van der Waals surface area contributed by atoms with Gasteiger partial charge in [0.1, 0.15) is 0 Å². The molecule has 3 aliphatic rings. The van der Waals surface area contributed by atoms with Gasteiger partial charge in [0.15, 0.2) is 0 Å². The Balaban J connectivity index is 1.67. The molecule has 0 amide bonds. The first-order chi connectivity index (χ1) is 8.60. The van der Waals surface area contributed by atoms with E-state index in [1.54, 1.807) is 0 Å². The smallest absolute Gasteiger partial charge is 0.0584 e. The van der Waals surface area contributed by atoms with E-state index < -0.39 is 0 Å². The summed E-state index contributed by atoms with van der Waals surface area (Å²) in [6, 6.07) is 0. The predicted octanol–water partition coefficient (Wildman–Crippen LogP) is 3.64. The summed E-state index contributed by atoms with van der Waals surface area (Å²) in [6.07, 6.45) is 7.63. The Morgan fingerprint density at radius 2 is 2.00 bits per heavy atom. The second-order valence-electron chi connectivity index (χ2n) is 7.28. The van der Waals surface area contributed by atoms with Crippen LogP contribution in [0.5, 0.6) is 0 Å². The summed E-state index contributed by atoms with van der Waals surface area (Å²) in [4.78, 5) is 0. The zero-order chi connectivity index (χ0) is 12.8. The van der Waals surface area contributed by atoms with E-state index in [4.69, 9.17) is 9.47 Å². The van der Waals surface area contributed by atoms with Gasteiger partial charge in [-0.2, -0.15) is 0 Å². The topological polar surface area (TPSA) is 18.5 Å². The Labute approximate surface area is 111 Å². The molecule has 104 valence electrons. The lowest BCUT2D eigenvalue weighted by Gasteiger charge is -2.25. The summed E-state index contributed by atoms with van der Waals surface area (Å²) in [5.74, 6) is 2.60. The first kappa shape index (κ1) is 12.9. The molecule has 0 radical (unpaired) electrons. The molecule has 2 nitrogen and oxygen atoms in total. The highest BCUT2D eigenvalue weighted by molar-refractivity contribution is 5.09. The van der Waals surface area contributed by atoms with Crippen LogP contribution in [0.25, 0.3) is 0 Å². The molecule has 2 saturated carbocycles. The quantitative estimate of drug-likeness (QED) is 0.763. The molecule has 1 saturated heterocycles. The van der Waals surface area contributed by atoms with E-state index in [9.17, 15) is 0 Å². The Bertz CT molecular complexity index is 295. The van der Waals surface area contributed by atoms with Gasteiger partial charge in [-0.3, -0.25) is 0 Å².